The zero-order valence-corrected chi connectivity index (χ0v) is 19.3. The van der Waals surface area contributed by atoms with E-state index >= 15 is 0 Å². The Morgan fingerprint density at radius 3 is 2.42 bits per heavy atom. The molecule has 33 heavy (non-hydrogen) atoms. The number of hydrogen-bond acceptors (Lipinski definition) is 5. The highest BCUT2D eigenvalue weighted by molar-refractivity contribution is 9.10. The number of ketones is 1. The van der Waals surface area contributed by atoms with Crippen molar-refractivity contribution in [3.05, 3.63) is 93.7 Å². The second kappa shape index (κ2) is 9.07. The van der Waals surface area contributed by atoms with Crippen LogP contribution in [0.4, 0.5) is 10.1 Å². The molecule has 1 unspecified atom stereocenters. The highest BCUT2D eigenvalue weighted by Crippen LogP contribution is 2.44. The Balaban J connectivity index is 1.96. The van der Waals surface area contributed by atoms with Crippen LogP contribution in [-0.2, 0) is 9.59 Å². The minimum atomic E-state index is -1.18. The molecule has 0 radical (unpaired) electrons. The molecular weight excluding hydrogens is 493 g/mol. The summed E-state index contributed by atoms with van der Waals surface area (Å²) in [5.74, 6) is -1.86. The number of carbonyl (C=O) groups is 2. The van der Waals surface area contributed by atoms with Gasteiger partial charge in [-0.2, -0.15) is 0 Å². The van der Waals surface area contributed by atoms with E-state index in [0.29, 0.717) is 21.7 Å². The van der Waals surface area contributed by atoms with E-state index in [1.54, 1.807) is 48.5 Å². The highest BCUT2D eigenvalue weighted by Gasteiger charge is 2.47. The van der Waals surface area contributed by atoms with Crippen molar-refractivity contribution in [2.24, 2.45) is 0 Å². The first kappa shape index (κ1) is 22.5. The second-order valence-corrected chi connectivity index (χ2v) is 8.10. The fourth-order valence-corrected chi connectivity index (χ4v) is 4.36. The van der Waals surface area contributed by atoms with E-state index in [1.807, 2.05) is 0 Å². The first-order valence-corrected chi connectivity index (χ1v) is 10.7. The number of amides is 1. The Kier molecular flexibility index (Phi) is 6.20. The maximum absolute atomic E-state index is 14.9. The number of ether oxygens (including phenoxy) is 2. The van der Waals surface area contributed by atoms with Crippen LogP contribution in [0.2, 0.25) is 0 Å². The molecule has 3 aromatic carbocycles. The molecule has 0 aromatic heterocycles. The van der Waals surface area contributed by atoms with E-state index in [0.717, 1.165) is 0 Å². The van der Waals surface area contributed by atoms with Crippen molar-refractivity contribution in [2.45, 2.75) is 6.04 Å². The summed E-state index contributed by atoms with van der Waals surface area (Å²) >= 11 is 3.35. The van der Waals surface area contributed by atoms with Gasteiger partial charge in [-0.3, -0.25) is 14.5 Å². The lowest BCUT2D eigenvalue weighted by Crippen LogP contribution is -2.29. The minimum absolute atomic E-state index is 0.0775. The van der Waals surface area contributed by atoms with E-state index in [1.165, 1.54) is 37.3 Å². The number of rotatable bonds is 5. The molecule has 0 aliphatic carbocycles. The van der Waals surface area contributed by atoms with E-state index in [-0.39, 0.29) is 16.7 Å². The molecular formula is C25H19BrFNO5. The molecule has 0 bridgehead atoms. The van der Waals surface area contributed by atoms with Gasteiger partial charge < -0.3 is 14.6 Å². The van der Waals surface area contributed by atoms with Crippen LogP contribution in [0.3, 0.4) is 0 Å². The van der Waals surface area contributed by atoms with Crippen molar-refractivity contribution in [3.63, 3.8) is 0 Å². The van der Waals surface area contributed by atoms with E-state index < -0.39 is 29.3 Å². The van der Waals surface area contributed by atoms with Crippen LogP contribution in [0.1, 0.15) is 17.2 Å². The third-order valence-electron chi connectivity index (χ3n) is 5.40. The SMILES string of the molecule is COc1cccc(N2C(=O)C(=O)/C(=C(/O)c3ccc(OC)c(Br)c3)C2c2ccccc2F)c1. The van der Waals surface area contributed by atoms with Crippen LogP contribution in [0.5, 0.6) is 11.5 Å². The van der Waals surface area contributed by atoms with Crippen molar-refractivity contribution in [2.75, 3.05) is 19.1 Å². The lowest BCUT2D eigenvalue weighted by molar-refractivity contribution is -0.132. The molecule has 0 saturated carbocycles. The molecule has 168 valence electrons. The Labute approximate surface area is 198 Å². The van der Waals surface area contributed by atoms with E-state index in [4.69, 9.17) is 9.47 Å². The monoisotopic (exact) mass is 511 g/mol. The van der Waals surface area contributed by atoms with Gasteiger partial charge in [-0.15, -0.1) is 0 Å². The summed E-state index contributed by atoms with van der Waals surface area (Å²) in [7, 11) is 2.97. The Hall–Kier alpha value is -3.65. The third kappa shape index (κ3) is 3.98. The Morgan fingerprint density at radius 2 is 1.76 bits per heavy atom. The van der Waals surface area contributed by atoms with Crippen LogP contribution >= 0.6 is 15.9 Å². The number of halogens is 2. The summed E-state index contributed by atoms with van der Waals surface area (Å²) in [6.07, 6.45) is 0. The molecule has 1 saturated heterocycles. The smallest absolute Gasteiger partial charge is 0.300 e. The molecule has 1 amide bonds. The van der Waals surface area contributed by atoms with Crippen LogP contribution in [0, 0.1) is 5.82 Å². The highest BCUT2D eigenvalue weighted by atomic mass is 79.9. The van der Waals surface area contributed by atoms with Crippen molar-refractivity contribution in [1.29, 1.82) is 0 Å². The Morgan fingerprint density at radius 1 is 1.00 bits per heavy atom. The van der Waals surface area contributed by atoms with Gasteiger partial charge in [0.25, 0.3) is 11.7 Å². The number of aliphatic hydroxyl groups is 1. The summed E-state index contributed by atoms with van der Waals surface area (Å²) in [5, 5.41) is 11.2. The van der Waals surface area contributed by atoms with Crippen molar-refractivity contribution < 1.29 is 28.6 Å². The average molecular weight is 512 g/mol. The quantitative estimate of drug-likeness (QED) is 0.288. The number of anilines is 1. The molecule has 1 fully saturated rings. The molecule has 1 atom stereocenters. The second-order valence-electron chi connectivity index (χ2n) is 7.24. The van der Waals surface area contributed by atoms with Crippen LogP contribution in [0.25, 0.3) is 5.76 Å². The lowest BCUT2D eigenvalue weighted by Gasteiger charge is -2.26. The molecule has 6 nitrogen and oxygen atoms in total. The molecule has 0 spiro atoms. The number of methoxy groups -OCH3 is 2. The number of carbonyl (C=O) groups excluding carboxylic acids is 2. The number of benzene rings is 3. The van der Waals surface area contributed by atoms with Gasteiger partial charge in [0, 0.05) is 22.9 Å². The third-order valence-corrected chi connectivity index (χ3v) is 6.02. The zero-order chi connectivity index (χ0) is 23.7. The van der Waals surface area contributed by atoms with Crippen LogP contribution in [0.15, 0.2) is 76.8 Å². The molecule has 1 aliphatic rings. The fourth-order valence-electron chi connectivity index (χ4n) is 3.82. The molecule has 4 rings (SSSR count). The summed E-state index contributed by atoms with van der Waals surface area (Å²) in [4.78, 5) is 27.5. The van der Waals surface area contributed by atoms with Gasteiger partial charge in [0.2, 0.25) is 0 Å². The van der Waals surface area contributed by atoms with Crippen LogP contribution in [-0.4, -0.2) is 31.0 Å². The first-order valence-electron chi connectivity index (χ1n) is 9.90. The number of aliphatic hydroxyl groups excluding tert-OH is 1. The summed E-state index contributed by atoms with van der Waals surface area (Å²) in [6.45, 7) is 0. The van der Waals surface area contributed by atoms with Gasteiger partial charge in [0.1, 0.15) is 23.1 Å². The molecule has 1 heterocycles. The number of hydrogen-bond donors (Lipinski definition) is 1. The standard InChI is InChI=1S/C25H19BrFNO5/c1-32-16-7-5-6-15(13-16)28-22(17-8-3-4-9-19(17)27)21(24(30)25(28)31)23(29)14-10-11-20(33-2)18(26)12-14/h3-13,22,29H,1-2H3/b23-21+. The zero-order valence-electron chi connectivity index (χ0n) is 17.7. The van der Waals surface area contributed by atoms with Crippen molar-refractivity contribution in [3.8, 4) is 11.5 Å². The molecule has 8 heteroatoms. The predicted molar refractivity (Wildman–Crippen MR) is 125 cm³/mol. The Bertz CT molecular complexity index is 1290. The summed E-state index contributed by atoms with van der Waals surface area (Å²) in [6, 6.07) is 15.9. The minimum Gasteiger partial charge on any atom is -0.507 e. The summed E-state index contributed by atoms with van der Waals surface area (Å²) < 4.78 is 25.9. The van der Waals surface area contributed by atoms with Crippen LogP contribution < -0.4 is 14.4 Å². The number of nitrogens with zero attached hydrogens (tertiary/aromatic N) is 1. The predicted octanol–water partition coefficient (Wildman–Crippen LogP) is 5.23. The van der Waals surface area contributed by atoms with Gasteiger partial charge in [-0.1, -0.05) is 24.3 Å². The lowest BCUT2D eigenvalue weighted by atomic mass is 9.94. The van der Waals surface area contributed by atoms with Crippen molar-refractivity contribution in [1.82, 2.24) is 0 Å². The molecule has 1 N–H and O–H groups in total. The topological polar surface area (TPSA) is 76.1 Å². The average Bonchev–Trinajstić information content (AvgIpc) is 3.09. The maximum atomic E-state index is 14.9. The fraction of sp³-hybridized carbons (Fsp3) is 0.120. The first-order chi connectivity index (χ1) is 15.9. The van der Waals surface area contributed by atoms with Gasteiger partial charge in [0.05, 0.1) is 30.3 Å². The van der Waals surface area contributed by atoms with Gasteiger partial charge >= 0.3 is 0 Å². The van der Waals surface area contributed by atoms with E-state index in [2.05, 4.69) is 15.9 Å². The summed E-state index contributed by atoms with van der Waals surface area (Å²) in [5.41, 5.74) is 0.464. The molecule has 3 aromatic rings. The largest absolute Gasteiger partial charge is 0.507 e. The normalized spacial score (nSPS) is 17.3. The maximum Gasteiger partial charge on any atom is 0.300 e. The van der Waals surface area contributed by atoms with E-state index in [9.17, 15) is 19.1 Å². The van der Waals surface area contributed by atoms with Gasteiger partial charge in [-0.05, 0) is 52.3 Å². The number of Topliss-reactive ketones (excluding diaryl/α,β-unsaturated/α-hetero) is 1. The molecule has 1 aliphatic heterocycles. The van der Waals surface area contributed by atoms with Gasteiger partial charge in [0.15, 0.2) is 0 Å². The van der Waals surface area contributed by atoms with Gasteiger partial charge in [-0.25, -0.2) is 4.39 Å². The van der Waals surface area contributed by atoms with Crippen molar-refractivity contribution >= 4 is 39.1 Å².